The lowest BCUT2D eigenvalue weighted by molar-refractivity contribution is -0.167. The minimum absolute atomic E-state index is 0.222. The number of nitrogens with one attached hydrogen (secondary N) is 1. The monoisotopic (exact) mass is 1150 g/mol. The molecule has 16 heteroatoms. The first-order valence-electron chi connectivity index (χ1n) is 34.5. The fraction of sp³-hybridized carbons (Fsp3) is 0.939. The van der Waals surface area contributed by atoms with Gasteiger partial charge in [0.2, 0.25) is 17.7 Å². The van der Waals surface area contributed by atoms with Crippen LogP contribution in [-0.4, -0.2) is 212 Å². The van der Waals surface area contributed by atoms with Crippen molar-refractivity contribution in [2.75, 3.05) is 78.9 Å². The van der Waals surface area contributed by atoms with Gasteiger partial charge in [-0.15, -0.1) is 0 Å². The quantitative estimate of drug-likeness (QED) is 0.176. The number of Topliss-reactive ketones (excluding diaryl/α,β-unsaturated/α-hetero) is 1. The minimum Gasteiger partial charge on any atom is -0.378 e. The maximum Gasteiger partial charge on any atom is 0.249 e. The lowest BCUT2D eigenvalue weighted by Gasteiger charge is -2.50. The predicted octanol–water partition coefficient (Wildman–Crippen LogP) is 9.55. The second-order valence-corrected chi connectivity index (χ2v) is 26.7. The van der Waals surface area contributed by atoms with Crippen molar-refractivity contribution in [3.8, 4) is 0 Å². The molecule has 6 saturated carbocycles. The Balaban J connectivity index is 0.000000138. The van der Waals surface area contributed by atoms with Crippen LogP contribution in [-0.2, 0) is 47.6 Å². The number of rotatable bonds is 14. The molecule has 0 unspecified atom stereocenters. The van der Waals surface area contributed by atoms with Gasteiger partial charge in [-0.1, -0.05) is 59.3 Å². The summed E-state index contributed by atoms with van der Waals surface area (Å²) in [5.74, 6) is 1.11. The van der Waals surface area contributed by atoms with Crippen LogP contribution in [0.5, 0.6) is 0 Å². The highest BCUT2D eigenvalue weighted by molar-refractivity contribution is 5.80. The molecule has 6 atom stereocenters. The normalized spacial score (nSPS) is 34.3. The number of likely N-dealkylation sites (tertiary alicyclic amines) is 2. The van der Waals surface area contributed by atoms with Crippen molar-refractivity contribution in [2.45, 2.75) is 318 Å². The number of fused-ring (bicyclic) bond motifs is 3. The Kier molecular flexibility index (Phi) is 26.4. The molecule has 6 saturated heterocycles. The van der Waals surface area contributed by atoms with Crippen molar-refractivity contribution in [3.63, 3.8) is 0 Å². The van der Waals surface area contributed by atoms with Crippen molar-refractivity contribution < 1.29 is 47.6 Å². The SMILES string of the molecule is CCCOC1CCC(=O)CC1.CCCOC1CCC(N2CCC(N3C(=O)CO[C@H]4CCCC[C@@H]43)CC2)CC1.CCCOC1CCC(N2CCC(N3C(=O)CO[C@H]4CCCC[C@@H]43)CC2)CC1.O=C1CO[C@H]2CCCC[C@@H]2N1C1CCNCC1. The van der Waals surface area contributed by atoms with E-state index in [-0.39, 0.29) is 17.7 Å². The first kappa shape index (κ1) is 64.2. The third kappa shape index (κ3) is 17.9. The molecule has 0 bridgehead atoms. The fourth-order valence-electron chi connectivity index (χ4n) is 16.7. The van der Waals surface area contributed by atoms with E-state index >= 15 is 0 Å². The minimum atomic E-state index is 0.222. The van der Waals surface area contributed by atoms with Crippen molar-refractivity contribution in [2.24, 2.45) is 0 Å². The Morgan fingerprint density at radius 2 is 0.695 bits per heavy atom. The molecule has 0 aromatic rings. The second kappa shape index (κ2) is 33.7. The highest BCUT2D eigenvalue weighted by atomic mass is 16.5. The molecule has 1 N–H and O–H groups in total. The molecule has 12 rings (SSSR count). The molecular weight excluding hydrogens is 1040 g/mol. The first-order valence-corrected chi connectivity index (χ1v) is 34.5. The largest absolute Gasteiger partial charge is 0.378 e. The average Bonchev–Trinajstić information content (AvgIpc) is 3.61. The van der Waals surface area contributed by atoms with Gasteiger partial charge in [0.1, 0.15) is 25.6 Å². The van der Waals surface area contributed by atoms with Crippen molar-refractivity contribution in [1.29, 1.82) is 0 Å². The smallest absolute Gasteiger partial charge is 0.249 e. The van der Waals surface area contributed by atoms with Gasteiger partial charge < -0.3 is 58.2 Å². The van der Waals surface area contributed by atoms with Crippen LogP contribution in [0.1, 0.15) is 233 Å². The van der Waals surface area contributed by atoms with E-state index in [1.54, 1.807) is 0 Å². The number of hydrogen-bond donors (Lipinski definition) is 1. The topological polar surface area (TPSA) is 152 Å². The van der Waals surface area contributed by atoms with E-state index in [1.165, 1.54) is 89.9 Å². The summed E-state index contributed by atoms with van der Waals surface area (Å²) >= 11 is 0. The summed E-state index contributed by atoms with van der Waals surface area (Å²) in [5, 5.41) is 3.37. The van der Waals surface area contributed by atoms with E-state index in [0.29, 0.717) is 98.5 Å². The van der Waals surface area contributed by atoms with E-state index < -0.39 is 0 Å². The Bertz CT molecular complexity index is 1800. The molecule has 12 fully saturated rings. The summed E-state index contributed by atoms with van der Waals surface area (Å²) in [6, 6.07) is 3.86. The summed E-state index contributed by atoms with van der Waals surface area (Å²) < 4.78 is 34.9. The summed E-state index contributed by atoms with van der Waals surface area (Å²) in [4.78, 5) is 60.3. The van der Waals surface area contributed by atoms with Gasteiger partial charge in [-0.2, -0.15) is 0 Å². The predicted molar refractivity (Wildman–Crippen MR) is 320 cm³/mol. The van der Waals surface area contributed by atoms with Crippen LogP contribution < -0.4 is 5.32 Å². The van der Waals surface area contributed by atoms with Crippen LogP contribution in [0.4, 0.5) is 0 Å². The van der Waals surface area contributed by atoms with Gasteiger partial charge in [-0.25, -0.2) is 0 Å². The van der Waals surface area contributed by atoms with Crippen molar-refractivity contribution in [1.82, 2.24) is 29.8 Å². The van der Waals surface area contributed by atoms with E-state index in [9.17, 15) is 19.2 Å². The van der Waals surface area contributed by atoms with Crippen molar-refractivity contribution >= 4 is 23.5 Å². The zero-order valence-electron chi connectivity index (χ0n) is 51.7. The Morgan fingerprint density at radius 3 is 1.04 bits per heavy atom. The van der Waals surface area contributed by atoms with Crippen LogP contribution in [0.2, 0.25) is 0 Å². The molecule has 6 aliphatic heterocycles. The maximum absolute atomic E-state index is 12.6. The number of amides is 3. The number of ketones is 1. The Morgan fingerprint density at radius 1 is 0.378 bits per heavy atom. The van der Waals surface area contributed by atoms with Gasteiger partial charge in [-0.3, -0.25) is 19.2 Å². The zero-order chi connectivity index (χ0) is 57.0. The lowest BCUT2D eigenvalue weighted by Crippen LogP contribution is -2.61. The number of hydrogen-bond acceptors (Lipinski definition) is 13. The maximum atomic E-state index is 12.6. The third-order valence-corrected chi connectivity index (χ3v) is 21.2. The lowest BCUT2D eigenvalue weighted by atomic mass is 9.86. The van der Waals surface area contributed by atoms with Crippen LogP contribution in [0.3, 0.4) is 0 Å². The molecule has 12 aliphatic rings. The fourth-order valence-corrected chi connectivity index (χ4v) is 16.7. The number of carbonyl (C=O) groups excluding carboxylic acids is 4. The standard InChI is InChI=1S/2C22H38N2O3.C13H22N2O2.C9H16O2/c2*1-2-15-26-19-9-7-17(8-10-19)23-13-11-18(12-14-23)24-20-5-3-4-6-21(20)27-16-22(24)25;16-13-9-17-12-4-2-1-3-11(12)15(13)10-5-7-14-8-6-10;1-2-7-11-9-5-3-8(10)4-6-9/h2*17-21H,2-16H2,1H3;10-12,14H,1-9H2;9H,2-7H2,1H3/t2*17?,19?,20-,21-;11-,12-;/m000./s1. The van der Waals surface area contributed by atoms with Gasteiger partial charge in [0, 0.05) is 89.1 Å². The summed E-state index contributed by atoms with van der Waals surface area (Å²) in [5.41, 5.74) is 0. The molecule has 0 spiro atoms. The van der Waals surface area contributed by atoms with Gasteiger partial charge in [0.25, 0.3) is 0 Å². The van der Waals surface area contributed by atoms with E-state index in [2.05, 4.69) is 50.6 Å². The van der Waals surface area contributed by atoms with E-state index in [0.717, 1.165) is 193 Å². The molecule has 468 valence electrons. The summed E-state index contributed by atoms with van der Waals surface area (Å²) in [7, 11) is 0. The summed E-state index contributed by atoms with van der Waals surface area (Å²) in [6.07, 6.45) is 40.0. The third-order valence-electron chi connectivity index (χ3n) is 21.2. The number of ether oxygens (including phenoxy) is 6. The molecule has 0 radical (unpaired) electrons. The van der Waals surface area contributed by atoms with Crippen LogP contribution in [0, 0.1) is 0 Å². The van der Waals surface area contributed by atoms with Gasteiger partial charge in [0.05, 0.1) is 54.7 Å². The van der Waals surface area contributed by atoms with Gasteiger partial charge in [0.15, 0.2) is 0 Å². The highest BCUT2D eigenvalue weighted by Crippen LogP contribution is 2.37. The van der Waals surface area contributed by atoms with Crippen molar-refractivity contribution in [3.05, 3.63) is 0 Å². The van der Waals surface area contributed by atoms with Crippen LogP contribution in [0.15, 0.2) is 0 Å². The first-order chi connectivity index (χ1) is 40.2. The van der Waals surface area contributed by atoms with Crippen LogP contribution in [0.25, 0.3) is 0 Å². The number of nitrogens with zero attached hydrogens (tertiary/aromatic N) is 5. The molecule has 6 heterocycles. The highest BCUT2D eigenvalue weighted by Gasteiger charge is 2.46. The second-order valence-electron chi connectivity index (χ2n) is 26.7. The molecule has 0 aromatic heterocycles. The molecular formula is C66H114N6O10. The number of morpholine rings is 3. The average molecular weight is 1150 g/mol. The molecule has 82 heavy (non-hydrogen) atoms. The van der Waals surface area contributed by atoms with Gasteiger partial charge in [-0.05, 0) is 174 Å². The van der Waals surface area contributed by atoms with E-state index in [4.69, 9.17) is 28.4 Å². The van der Waals surface area contributed by atoms with Crippen LogP contribution >= 0.6 is 0 Å². The summed E-state index contributed by atoms with van der Waals surface area (Å²) in [6.45, 7) is 16.8. The van der Waals surface area contributed by atoms with Gasteiger partial charge >= 0.3 is 0 Å². The zero-order valence-corrected chi connectivity index (χ0v) is 51.7. The Hall–Kier alpha value is -2.28. The number of carbonyl (C=O) groups is 4. The van der Waals surface area contributed by atoms with E-state index in [1.807, 2.05) is 0 Å². The molecule has 0 aromatic carbocycles. The number of piperidine rings is 3. The molecule has 6 aliphatic carbocycles. The molecule has 16 nitrogen and oxygen atoms in total. The molecule has 3 amide bonds. The Labute approximate surface area is 495 Å².